The van der Waals surface area contributed by atoms with Gasteiger partial charge in [-0.1, -0.05) is 12.1 Å². The molecule has 0 bridgehead atoms. The van der Waals surface area contributed by atoms with E-state index < -0.39 is 6.10 Å². The van der Waals surface area contributed by atoms with Crippen molar-refractivity contribution in [3.63, 3.8) is 0 Å². The smallest absolute Gasteiger partial charge is 0.213 e. The third-order valence-corrected chi connectivity index (χ3v) is 5.31. The number of benzene rings is 1. The molecule has 2 aromatic heterocycles. The van der Waals surface area contributed by atoms with Crippen molar-refractivity contribution < 1.29 is 14.6 Å². The van der Waals surface area contributed by atoms with Gasteiger partial charge >= 0.3 is 0 Å². The molecule has 30 heavy (non-hydrogen) atoms. The number of imidazole rings is 1. The number of ether oxygens (including phenoxy) is 2. The van der Waals surface area contributed by atoms with Crippen LogP contribution in [0.25, 0.3) is 11.0 Å². The number of nitrogens with one attached hydrogen (secondary N) is 1. The van der Waals surface area contributed by atoms with Crippen LogP contribution in [0.3, 0.4) is 0 Å². The number of aromatic nitrogens is 3. The van der Waals surface area contributed by atoms with Gasteiger partial charge in [0.15, 0.2) is 0 Å². The lowest BCUT2D eigenvalue weighted by Crippen LogP contribution is -2.41. The van der Waals surface area contributed by atoms with Gasteiger partial charge in [0.1, 0.15) is 29.8 Å². The molecule has 1 unspecified atom stereocenters. The van der Waals surface area contributed by atoms with Crippen LogP contribution in [0.1, 0.15) is 18.7 Å². The molecule has 0 amide bonds. The van der Waals surface area contributed by atoms with Crippen LogP contribution in [-0.2, 0) is 0 Å². The number of pyridine rings is 1. The molecule has 8 heteroatoms. The number of hydrogen-bond donors (Lipinski definition) is 2. The van der Waals surface area contributed by atoms with Crippen molar-refractivity contribution in [2.24, 2.45) is 5.92 Å². The maximum absolute atomic E-state index is 10.4. The van der Waals surface area contributed by atoms with Crippen LogP contribution in [-0.4, -0.2) is 63.9 Å². The molecular weight excluding hydrogens is 404 g/mol. The van der Waals surface area contributed by atoms with E-state index in [1.165, 1.54) is 0 Å². The largest absolute Gasteiger partial charge is 0.488 e. The summed E-state index contributed by atoms with van der Waals surface area (Å²) < 4.78 is 11.6. The van der Waals surface area contributed by atoms with Crippen LogP contribution < -0.4 is 9.47 Å². The van der Waals surface area contributed by atoms with Gasteiger partial charge in [-0.15, -0.1) is 12.4 Å². The number of fused-ring (bicyclic) bond motifs is 1. The number of halogens is 1. The highest BCUT2D eigenvalue weighted by atomic mass is 35.5. The monoisotopic (exact) mass is 432 g/mol. The van der Waals surface area contributed by atoms with E-state index in [1.54, 1.807) is 6.20 Å². The lowest BCUT2D eigenvalue weighted by Gasteiger charge is -2.32. The number of nitrogens with zero attached hydrogens (tertiary/aromatic N) is 3. The summed E-state index contributed by atoms with van der Waals surface area (Å²) in [5.41, 5.74) is 1.76. The van der Waals surface area contributed by atoms with Crippen molar-refractivity contribution in [2.45, 2.75) is 25.9 Å². The molecule has 0 spiro atoms. The zero-order chi connectivity index (χ0) is 20.1. The maximum atomic E-state index is 10.4. The third-order valence-electron chi connectivity index (χ3n) is 5.31. The fraction of sp³-hybridized carbons (Fsp3) is 0.455. The second-order valence-electron chi connectivity index (χ2n) is 7.66. The second kappa shape index (κ2) is 10.6. The second-order valence-corrected chi connectivity index (χ2v) is 7.66. The van der Waals surface area contributed by atoms with Gasteiger partial charge in [0.2, 0.25) is 5.88 Å². The zero-order valence-corrected chi connectivity index (χ0v) is 18.0. The Kier molecular flexibility index (Phi) is 7.90. The number of para-hydroxylation sites is 1. The summed E-state index contributed by atoms with van der Waals surface area (Å²) in [5.74, 6) is 2.77. The van der Waals surface area contributed by atoms with Gasteiger partial charge in [0.05, 0.1) is 12.1 Å². The van der Waals surface area contributed by atoms with E-state index in [1.807, 2.05) is 43.3 Å². The number of rotatable bonds is 8. The Balaban J connectivity index is 0.00000256. The molecule has 0 saturated carbocycles. The number of H-pyrrole nitrogens is 1. The van der Waals surface area contributed by atoms with Crippen molar-refractivity contribution in [3.05, 3.63) is 48.4 Å². The molecule has 0 radical (unpaired) electrons. The Bertz CT molecular complexity index is 913. The highest BCUT2D eigenvalue weighted by Crippen LogP contribution is 2.24. The molecule has 7 nitrogen and oxygen atoms in total. The average Bonchev–Trinajstić information content (AvgIpc) is 3.13. The van der Waals surface area contributed by atoms with Crippen molar-refractivity contribution in [3.8, 4) is 11.6 Å². The van der Waals surface area contributed by atoms with Crippen LogP contribution in [0.2, 0.25) is 0 Å². The van der Waals surface area contributed by atoms with Gasteiger partial charge < -0.3 is 24.5 Å². The standard InChI is InChI=1S/C22H28N4O3.ClH/c1-16-24-19-5-4-6-20(22(19)25-16)28-15-18(27)13-26-11-8-17(9-12-26)14-29-21-7-2-3-10-23-21;/h2-7,10,17-18,27H,8-9,11-15H2,1H3,(H,24,25);1H. The first-order valence-electron chi connectivity index (χ1n) is 10.2. The van der Waals surface area contributed by atoms with Crippen molar-refractivity contribution in [1.82, 2.24) is 19.9 Å². The van der Waals surface area contributed by atoms with Crippen molar-refractivity contribution >= 4 is 23.4 Å². The van der Waals surface area contributed by atoms with E-state index >= 15 is 0 Å². The van der Waals surface area contributed by atoms with Gasteiger partial charge in [-0.2, -0.15) is 0 Å². The predicted octanol–water partition coefficient (Wildman–Crippen LogP) is 3.22. The molecule has 1 aliphatic heterocycles. The van der Waals surface area contributed by atoms with E-state index in [4.69, 9.17) is 9.47 Å². The minimum Gasteiger partial charge on any atom is -0.488 e. The number of likely N-dealkylation sites (tertiary alicyclic amines) is 1. The first-order chi connectivity index (χ1) is 14.2. The minimum absolute atomic E-state index is 0. The first kappa shape index (κ1) is 22.3. The minimum atomic E-state index is -0.536. The van der Waals surface area contributed by atoms with E-state index in [0.717, 1.165) is 42.8 Å². The molecule has 1 atom stereocenters. The zero-order valence-electron chi connectivity index (χ0n) is 17.2. The van der Waals surface area contributed by atoms with Gasteiger partial charge in [-0.3, -0.25) is 0 Å². The highest BCUT2D eigenvalue weighted by molar-refractivity contribution is 5.85. The van der Waals surface area contributed by atoms with Gasteiger partial charge in [-0.25, -0.2) is 9.97 Å². The van der Waals surface area contributed by atoms with E-state index in [2.05, 4.69) is 19.9 Å². The van der Waals surface area contributed by atoms with E-state index in [-0.39, 0.29) is 19.0 Å². The lowest BCUT2D eigenvalue weighted by molar-refractivity contribution is 0.0504. The average molecular weight is 433 g/mol. The summed E-state index contributed by atoms with van der Waals surface area (Å²) >= 11 is 0. The van der Waals surface area contributed by atoms with Gasteiger partial charge in [0.25, 0.3) is 0 Å². The van der Waals surface area contributed by atoms with Crippen LogP contribution in [0.15, 0.2) is 42.6 Å². The number of aryl methyl sites for hydroxylation is 1. The Morgan fingerprint density at radius 2 is 2.00 bits per heavy atom. The summed E-state index contributed by atoms with van der Waals surface area (Å²) in [4.78, 5) is 14.2. The maximum Gasteiger partial charge on any atom is 0.213 e. The normalized spacial score (nSPS) is 16.2. The number of aliphatic hydroxyl groups is 1. The topological polar surface area (TPSA) is 83.5 Å². The van der Waals surface area contributed by atoms with Crippen LogP contribution in [0.5, 0.6) is 11.6 Å². The van der Waals surface area contributed by atoms with E-state index in [0.29, 0.717) is 30.7 Å². The fourth-order valence-electron chi connectivity index (χ4n) is 3.75. The molecular formula is C22H29ClN4O3. The van der Waals surface area contributed by atoms with Gasteiger partial charge in [0, 0.05) is 18.8 Å². The SMILES string of the molecule is Cc1nc2c(OCC(O)CN3CCC(COc4ccccn4)CC3)cccc2[nH]1.Cl. The molecule has 1 aliphatic rings. The third kappa shape index (κ3) is 5.84. The van der Waals surface area contributed by atoms with Crippen molar-refractivity contribution in [1.29, 1.82) is 0 Å². The number of piperidine rings is 1. The number of aromatic amines is 1. The summed E-state index contributed by atoms with van der Waals surface area (Å²) in [5, 5.41) is 10.4. The summed E-state index contributed by atoms with van der Waals surface area (Å²) in [6.07, 6.45) is 3.33. The van der Waals surface area contributed by atoms with Crippen LogP contribution >= 0.6 is 12.4 Å². The summed E-state index contributed by atoms with van der Waals surface area (Å²) in [6.45, 7) is 5.41. The molecule has 3 heterocycles. The number of hydrogen-bond acceptors (Lipinski definition) is 6. The molecule has 0 aliphatic carbocycles. The lowest BCUT2D eigenvalue weighted by atomic mass is 9.97. The number of aliphatic hydroxyl groups excluding tert-OH is 1. The Morgan fingerprint density at radius 1 is 1.17 bits per heavy atom. The van der Waals surface area contributed by atoms with Gasteiger partial charge in [-0.05, 0) is 57.0 Å². The molecule has 4 rings (SSSR count). The fourth-order valence-corrected chi connectivity index (χ4v) is 3.75. The van der Waals surface area contributed by atoms with E-state index in [9.17, 15) is 5.11 Å². The molecule has 162 valence electrons. The molecule has 3 aromatic rings. The quantitative estimate of drug-likeness (QED) is 0.568. The molecule has 1 saturated heterocycles. The van der Waals surface area contributed by atoms with Crippen LogP contribution in [0.4, 0.5) is 0 Å². The summed E-state index contributed by atoms with van der Waals surface area (Å²) in [6, 6.07) is 11.5. The van der Waals surface area contributed by atoms with Crippen LogP contribution in [0, 0.1) is 12.8 Å². The molecule has 2 N–H and O–H groups in total. The van der Waals surface area contributed by atoms with Crippen molar-refractivity contribution in [2.75, 3.05) is 32.8 Å². The molecule has 1 aromatic carbocycles. The Labute approximate surface area is 182 Å². The summed E-state index contributed by atoms with van der Waals surface area (Å²) in [7, 11) is 0. The number of β-amino-alcohol motifs (C(OH)–C–C–N with tert-alkyl or cyclic N) is 1. The molecule has 1 fully saturated rings. The Morgan fingerprint density at radius 3 is 2.77 bits per heavy atom. The first-order valence-corrected chi connectivity index (χ1v) is 10.2. The highest BCUT2D eigenvalue weighted by Gasteiger charge is 2.22. The predicted molar refractivity (Wildman–Crippen MR) is 118 cm³/mol. The Hall–Kier alpha value is -2.35.